The van der Waals surface area contributed by atoms with Gasteiger partial charge in [-0.3, -0.25) is 0 Å². The van der Waals surface area contributed by atoms with Crippen LogP contribution in [0.1, 0.15) is 26.0 Å². The summed E-state index contributed by atoms with van der Waals surface area (Å²) in [5.41, 5.74) is 0.208. The van der Waals surface area contributed by atoms with Gasteiger partial charge in [0.05, 0.1) is 11.3 Å². The Morgan fingerprint density at radius 1 is 1.62 bits per heavy atom. The number of hydrogen-bond acceptors (Lipinski definition) is 4. The van der Waals surface area contributed by atoms with Crippen LogP contribution < -0.4 is 5.32 Å². The van der Waals surface area contributed by atoms with Crippen molar-refractivity contribution in [3.8, 4) is 0 Å². The SMILES string of the molecule is Cc1coc(NCCC(C)(C)O)n1. The fraction of sp³-hybridized carbons (Fsp3) is 0.667. The minimum Gasteiger partial charge on any atom is -0.432 e. The van der Waals surface area contributed by atoms with E-state index in [0.29, 0.717) is 19.0 Å². The fourth-order valence-corrected chi connectivity index (χ4v) is 0.910. The molecular weight excluding hydrogens is 168 g/mol. The molecule has 13 heavy (non-hydrogen) atoms. The van der Waals surface area contributed by atoms with Crippen molar-refractivity contribution >= 4 is 6.01 Å². The van der Waals surface area contributed by atoms with Crippen LogP contribution in [0.3, 0.4) is 0 Å². The first-order valence-electron chi connectivity index (χ1n) is 4.36. The summed E-state index contributed by atoms with van der Waals surface area (Å²) >= 11 is 0. The summed E-state index contributed by atoms with van der Waals surface area (Å²) < 4.78 is 5.08. The number of nitrogens with zero attached hydrogens (tertiary/aromatic N) is 1. The zero-order chi connectivity index (χ0) is 9.90. The Hall–Kier alpha value is -1.03. The summed E-state index contributed by atoms with van der Waals surface area (Å²) in [7, 11) is 0. The molecule has 0 aliphatic carbocycles. The third-order valence-electron chi connectivity index (χ3n) is 1.63. The predicted molar refractivity (Wildman–Crippen MR) is 50.6 cm³/mol. The molecule has 1 aromatic heterocycles. The van der Waals surface area contributed by atoms with E-state index in [4.69, 9.17) is 4.42 Å². The van der Waals surface area contributed by atoms with Gasteiger partial charge >= 0.3 is 0 Å². The van der Waals surface area contributed by atoms with Gasteiger partial charge in [0, 0.05) is 6.54 Å². The lowest BCUT2D eigenvalue weighted by atomic mass is 10.1. The van der Waals surface area contributed by atoms with E-state index in [-0.39, 0.29) is 0 Å². The smallest absolute Gasteiger partial charge is 0.294 e. The van der Waals surface area contributed by atoms with Crippen LogP contribution in [0.25, 0.3) is 0 Å². The van der Waals surface area contributed by atoms with Crippen molar-refractivity contribution < 1.29 is 9.52 Å². The molecule has 1 aromatic rings. The van der Waals surface area contributed by atoms with Crippen LogP contribution in [-0.4, -0.2) is 22.2 Å². The van der Waals surface area contributed by atoms with E-state index in [2.05, 4.69) is 10.3 Å². The number of oxazole rings is 1. The van der Waals surface area contributed by atoms with Gasteiger partial charge < -0.3 is 14.8 Å². The van der Waals surface area contributed by atoms with Gasteiger partial charge in [0.2, 0.25) is 0 Å². The first-order valence-corrected chi connectivity index (χ1v) is 4.36. The van der Waals surface area contributed by atoms with Crippen LogP contribution in [0.4, 0.5) is 6.01 Å². The highest BCUT2D eigenvalue weighted by atomic mass is 16.4. The highest BCUT2D eigenvalue weighted by Crippen LogP contribution is 2.09. The molecule has 74 valence electrons. The van der Waals surface area contributed by atoms with Gasteiger partial charge in [0.1, 0.15) is 6.26 Å². The van der Waals surface area contributed by atoms with Gasteiger partial charge in [-0.1, -0.05) is 0 Å². The van der Waals surface area contributed by atoms with Crippen LogP contribution in [0.15, 0.2) is 10.7 Å². The van der Waals surface area contributed by atoms with Crippen LogP contribution >= 0.6 is 0 Å². The van der Waals surface area contributed by atoms with Crippen LogP contribution in [0, 0.1) is 6.92 Å². The highest BCUT2D eigenvalue weighted by molar-refractivity contribution is 5.20. The molecule has 0 amide bonds. The predicted octanol–water partition coefficient (Wildman–Crippen LogP) is 1.56. The molecule has 0 fully saturated rings. The molecule has 1 heterocycles. The van der Waals surface area contributed by atoms with Gasteiger partial charge in [0.15, 0.2) is 0 Å². The molecule has 0 aromatic carbocycles. The maximum atomic E-state index is 9.41. The molecule has 0 aliphatic rings. The van der Waals surface area contributed by atoms with Crippen molar-refractivity contribution in [1.82, 2.24) is 4.98 Å². The number of aryl methyl sites for hydroxylation is 1. The first kappa shape index (κ1) is 10.1. The average Bonchev–Trinajstić information content (AvgIpc) is 2.33. The molecule has 0 spiro atoms. The van der Waals surface area contributed by atoms with Gasteiger partial charge in [-0.15, -0.1) is 0 Å². The topological polar surface area (TPSA) is 58.3 Å². The fourth-order valence-electron chi connectivity index (χ4n) is 0.910. The van der Waals surface area contributed by atoms with Gasteiger partial charge in [0.25, 0.3) is 6.01 Å². The van der Waals surface area contributed by atoms with E-state index in [1.807, 2.05) is 6.92 Å². The molecule has 4 heteroatoms. The Balaban J connectivity index is 2.28. The number of hydrogen-bond donors (Lipinski definition) is 2. The van der Waals surface area contributed by atoms with Crippen molar-refractivity contribution in [3.63, 3.8) is 0 Å². The average molecular weight is 184 g/mol. The minimum absolute atomic E-state index is 0.516. The number of nitrogens with one attached hydrogen (secondary N) is 1. The Morgan fingerprint density at radius 3 is 2.77 bits per heavy atom. The summed E-state index contributed by atoms with van der Waals surface area (Å²) in [5, 5.41) is 12.4. The lowest BCUT2D eigenvalue weighted by Gasteiger charge is -2.16. The van der Waals surface area contributed by atoms with E-state index in [1.54, 1.807) is 20.1 Å². The molecule has 2 N–H and O–H groups in total. The van der Waals surface area contributed by atoms with Crippen molar-refractivity contribution in [2.24, 2.45) is 0 Å². The third-order valence-corrected chi connectivity index (χ3v) is 1.63. The standard InChI is InChI=1S/C9H16N2O2/c1-7-6-13-8(11-7)10-5-4-9(2,3)12/h6,12H,4-5H2,1-3H3,(H,10,11). The molecule has 0 atom stereocenters. The molecular formula is C9H16N2O2. The summed E-state index contributed by atoms with van der Waals surface area (Å²) in [6.45, 7) is 6.07. The Labute approximate surface area is 78.0 Å². The first-order chi connectivity index (χ1) is 5.97. The second-order valence-corrected chi connectivity index (χ2v) is 3.78. The van der Waals surface area contributed by atoms with Gasteiger partial charge in [-0.05, 0) is 27.2 Å². The molecule has 0 bridgehead atoms. The van der Waals surface area contributed by atoms with Crippen molar-refractivity contribution in [2.45, 2.75) is 32.8 Å². The zero-order valence-electron chi connectivity index (χ0n) is 8.29. The third kappa shape index (κ3) is 3.94. The number of anilines is 1. The normalized spacial score (nSPS) is 11.7. The molecule has 0 saturated heterocycles. The van der Waals surface area contributed by atoms with Crippen molar-refractivity contribution in [2.75, 3.05) is 11.9 Å². The summed E-state index contributed by atoms with van der Waals surface area (Å²) in [5.74, 6) is 0. The quantitative estimate of drug-likeness (QED) is 0.745. The van der Waals surface area contributed by atoms with Crippen LogP contribution in [0.2, 0.25) is 0 Å². The van der Waals surface area contributed by atoms with Gasteiger partial charge in [-0.2, -0.15) is 4.98 Å². The summed E-state index contributed by atoms with van der Waals surface area (Å²) in [6, 6.07) is 0.516. The Kier molecular flexibility index (Phi) is 2.93. The Bertz CT molecular complexity index is 263. The van der Waals surface area contributed by atoms with E-state index >= 15 is 0 Å². The molecule has 4 nitrogen and oxygen atoms in total. The van der Waals surface area contributed by atoms with E-state index in [9.17, 15) is 5.11 Å². The summed E-state index contributed by atoms with van der Waals surface area (Å²) in [6.07, 6.45) is 2.25. The second kappa shape index (κ2) is 3.79. The monoisotopic (exact) mass is 184 g/mol. The largest absolute Gasteiger partial charge is 0.432 e. The minimum atomic E-state index is -0.644. The van der Waals surface area contributed by atoms with Crippen molar-refractivity contribution in [3.05, 3.63) is 12.0 Å². The second-order valence-electron chi connectivity index (χ2n) is 3.78. The lowest BCUT2D eigenvalue weighted by Crippen LogP contribution is -2.22. The van der Waals surface area contributed by atoms with Crippen molar-refractivity contribution in [1.29, 1.82) is 0 Å². The number of aliphatic hydroxyl groups is 1. The maximum Gasteiger partial charge on any atom is 0.294 e. The van der Waals surface area contributed by atoms with E-state index in [0.717, 1.165) is 5.69 Å². The Morgan fingerprint density at radius 2 is 2.31 bits per heavy atom. The molecule has 0 saturated carbocycles. The van der Waals surface area contributed by atoms with Crippen LogP contribution in [-0.2, 0) is 0 Å². The highest BCUT2D eigenvalue weighted by Gasteiger charge is 2.11. The molecule has 0 unspecified atom stereocenters. The maximum absolute atomic E-state index is 9.41. The molecule has 1 rings (SSSR count). The number of rotatable bonds is 4. The number of aromatic nitrogens is 1. The van der Waals surface area contributed by atoms with Crippen LogP contribution in [0.5, 0.6) is 0 Å². The zero-order valence-corrected chi connectivity index (χ0v) is 8.29. The van der Waals surface area contributed by atoms with E-state index in [1.165, 1.54) is 0 Å². The van der Waals surface area contributed by atoms with E-state index < -0.39 is 5.60 Å². The van der Waals surface area contributed by atoms with Gasteiger partial charge in [-0.25, -0.2) is 0 Å². The summed E-state index contributed by atoms with van der Waals surface area (Å²) in [4.78, 5) is 4.07. The lowest BCUT2D eigenvalue weighted by molar-refractivity contribution is 0.0747. The molecule has 0 radical (unpaired) electrons. The molecule has 0 aliphatic heterocycles.